The monoisotopic (exact) mass is 318 g/mol. The van der Waals surface area contributed by atoms with E-state index in [1.54, 1.807) is 6.07 Å². The van der Waals surface area contributed by atoms with Gasteiger partial charge >= 0.3 is 5.97 Å². The summed E-state index contributed by atoms with van der Waals surface area (Å²) in [5, 5.41) is 19.0. The van der Waals surface area contributed by atoms with E-state index < -0.39 is 5.97 Å². The first-order valence-corrected chi connectivity index (χ1v) is 6.99. The number of carboxylic acids is 1. The lowest BCUT2D eigenvalue weighted by molar-refractivity contribution is -0.121. The summed E-state index contributed by atoms with van der Waals surface area (Å²) in [5.41, 5.74) is 2.05. The van der Waals surface area contributed by atoms with Crippen molar-refractivity contribution in [2.45, 2.75) is 27.0 Å². The van der Waals surface area contributed by atoms with Crippen LogP contribution in [0.2, 0.25) is 0 Å². The molecule has 0 saturated heterocycles. The van der Waals surface area contributed by atoms with Gasteiger partial charge in [0.1, 0.15) is 24.6 Å². The van der Waals surface area contributed by atoms with Crippen molar-refractivity contribution >= 4 is 11.9 Å². The molecule has 1 amide bonds. The summed E-state index contributed by atoms with van der Waals surface area (Å²) in [6.45, 7) is 3.71. The van der Waals surface area contributed by atoms with Crippen molar-refractivity contribution in [1.82, 2.24) is 20.3 Å². The predicted octanol–water partition coefficient (Wildman–Crippen LogP) is 0.918. The molecule has 0 radical (unpaired) electrons. The number of nitrogens with zero attached hydrogens (tertiary/aromatic N) is 3. The number of likely N-dealkylation sites (N-methyl/N-ethyl adjacent to an activating group) is 1. The Bertz CT molecular complexity index is 739. The van der Waals surface area contributed by atoms with Crippen LogP contribution >= 0.6 is 0 Å². The van der Waals surface area contributed by atoms with Crippen molar-refractivity contribution in [3.05, 3.63) is 40.7 Å². The fourth-order valence-electron chi connectivity index (χ4n) is 2.01. The number of nitrogens with one attached hydrogen (secondary N) is 1. The standard InChI is InChI=1S/C15H18N4O4/c1-9-5-4-6-12(10(9)2)23-8-11-14(15(21)22)17-18-19(11)7-13(20)16-3/h4-6H,7-8H2,1-3H3,(H,16,20)(H,21,22). The summed E-state index contributed by atoms with van der Waals surface area (Å²) >= 11 is 0. The van der Waals surface area contributed by atoms with Crippen molar-refractivity contribution in [3.63, 3.8) is 0 Å². The Balaban J connectivity index is 2.26. The first-order valence-electron chi connectivity index (χ1n) is 6.99. The molecule has 0 unspecified atom stereocenters. The van der Waals surface area contributed by atoms with Crippen molar-refractivity contribution in [3.8, 4) is 5.75 Å². The number of amides is 1. The van der Waals surface area contributed by atoms with Crippen molar-refractivity contribution < 1.29 is 19.4 Å². The van der Waals surface area contributed by atoms with Crippen molar-refractivity contribution in [1.29, 1.82) is 0 Å². The molecule has 0 aliphatic rings. The van der Waals surface area contributed by atoms with Crippen LogP contribution in [0.3, 0.4) is 0 Å². The van der Waals surface area contributed by atoms with E-state index >= 15 is 0 Å². The number of aromatic carboxylic acids is 1. The maximum Gasteiger partial charge on any atom is 0.358 e. The first-order chi connectivity index (χ1) is 10.9. The molecule has 2 aromatic rings. The molecule has 122 valence electrons. The number of carbonyl (C=O) groups excluding carboxylic acids is 1. The lowest BCUT2D eigenvalue weighted by Gasteiger charge is -2.12. The molecule has 0 atom stereocenters. The number of hydrogen-bond acceptors (Lipinski definition) is 5. The number of ether oxygens (including phenoxy) is 1. The van der Waals surface area contributed by atoms with Gasteiger partial charge in [0.15, 0.2) is 5.69 Å². The Kier molecular flexibility index (Phi) is 4.95. The van der Waals surface area contributed by atoms with Crippen LogP contribution in [0.4, 0.5) is 0 Å². The number of aryl methyl sites for hydroxylation is 1. The van der Waals surface area contributed by atoms with Gasteiger partial charge in [-0.3, -0.25) is 4.79 Å². The van der Waals surface area contributed by atoms with E-state index in [2.05, 4.69) is 15.6 Å². The van der Waals surface area contributed by atoms with Gasteiger partial charge in [-0.15, -0.1) is 5.10 Å². The Morgan fingerprint density at radius 3 is 2.74 bits per heavy atom. The van der Waals surface area contributed by atoms with Gasteiger partial charge in [-0.05, 0) is 31.0 Å². The molecule has 0 spiro atoms. The van der Waals surface area contributed by atoms with Crippen LogP contribution < -0.4 is 10.1 Å². The molecule has 0 fully saturated rings. The molecule has 8 heteroatoms. The maximum absolute atomic E-state index is 11.5. The molecule has 2 rings (SSSR count). The number of carbonyl (C=O) groups is 2. The maximum atomic E-state index is 11.5. The number of rotatable bonds is 6. The Morgan fingerprint density at radius 2 is 2.09 bits per heavy atom. The number of carboxylic acid groups (broad SMARTS) is 1. The zero-order valence-electron chi connectivity index (χ0n) is 13.2. The average molecular weight is 318 g/mol. The van der Waals surface area contributed by atoms with E-state index in [1.807, 2.05) is 26.0 Å². The van der Waals surface area contributed by atoms with Crippen LogP contribution in [0.5, 0.6) is 5.75 Å². The molecule has 1 aromatic carbocycles. The molecule has 0 aliphatic carbocycles. The van der Waals surface area contributed by atoms with E-state index in [0.717, 1.165) is 11.1 Å². The van der Waals surface area contributed by atoms with Gasteiger partial charge in [0.2, 0.25) is 5.91 Å². The van der Waals surface area contributed by atoms with Gasteiger partial charge in [-0.1, -0.05) is 17.3 Å². The number of aromatic nitrogens is 3. The van der Waals surface area contributed by atoms with Crippen molar-refractivity contribution in [2.24, 2.45) is 0 Å². The van der Waals surface area contributed by atoms with E-state index in [-0.39, 0.29) is 30.4 Å². The SMILES string of the molecule is CNC(=O)Cn1nnc(C(=O)O)c1COc1cccc(C)c1C. The minimum absolute atomic E-state index is 0.0457. The number of hydrogen-bond donors (Lipinski definition) is 2. The van der Waals surface area contributed by atoms with Crippen LogP contribution in [0, 0.1) is 13.8 Å². The average Bonchev–Trinajstić information content (AvgIpc) is 2.91. The molecule has 2 N–H and O–H groups in total. The Hall–Kier alpha value is -2.90. The fourth-order valence-corrected chi connectivity index (χ4v) is 2.01. The zero-order chi connectivity index (χ0) is 17.0. The third kappa shape index (κ3) is 3.65. The Labute approximate surface area is 133 Å². The van der Waals surface area contributed by atoms with Crippen LogP contribution in [0.25, 0.3) is 0 Å². The van der Waals surface area contributed by atoms with Gasteiger partial charge in [-0.25, -0.2) is 9.48 Å². The fraction of sp³-hybridized carbons (Fsp3) is 0.333. The molecule has 23 heavy (non-hydrogen) atoms. The lowest BCUT2D eigenvalue weighted by atomic mass is 10.1. The highest BCUT2D eigenvalue weighted by Crippen LogP contribution is 2.22. The molecule has 0 saturated carbocycles. The zero-order valence-corrected chi connectivity index (χ0v) is 13.2. The second kappa shape index (κ2) is 6.91. The summed E-state index contributed by atoms with van der Waals surface area (Å²) in [6, 6.07) is 5.62. The molecule has 8 nitrogen and oxygen atoms in total. The molecule has 1 aromatic heterocycles. The molecular weight excluding hydrogens is 300 g/mol. The summed E-state index contributed by atoms with van der Waals surface area (Å²) in [4.78, 5) is 22.7. The second-order valence-corrected chi connectivity index (χ2v) is 5.01. The van der Waals surface area contributed by atoms with Crippen molar-refractivity contribution in [2.75, 3.05) is 7.05 Å². The predicted molar refractivity (Wildman–Crippen MR) is 81.3 cm³/mol. The summed E-state index contributed by atoms with van der Waals surface area (Å²) in [6.07, 6.45) is 0. The van der Waals surface area contributed by atoms with Crippen LogP contribution in [-0.2, 0) is 17.9 Å². The van der Waals surface area contributed by atoms with E-state index in [9.17, 15) is 14.7 Å². The number of benzene rings is 1. The third-order valence-electron chi connectivity index (χ3n) is 3.53. The summed E-state index contributed by atoms with van der Waals surface area (Å²) < 4.78 is 6.94. The van der Waals surface area contributed by atoms with Crippen LogP contribution in [0.15, 0.2) is 18.2 Å². The van der Waals surface area contributed by atoms with E-state index in [1.165, 1.54) is 11.7 Å². The van der Waals surface area contributed by atoms with Gasteiger partial charge in [0.25, 0.3) is 0 Å². The van der Waals surface area contributed by atoms with Gasteiger partial charge < -0.3 is 15.2 Å². The highest BCUT2D eigenvalue weighted by Gasteiger charge is 2.21. The topological polar surface area (TPSA) is 106 Å². The quantitative estimate of drug-likeness (QED) is 0.820. The van der Waals surface area contributed by atoms with Gasteiger partial charge in [-0.2, -0.15) is 0 Å². The minimum Gasteiger partial charge on any atom is -0.487 e. The van der Waals surface area contributed by atoms with Gasteiger partial charge in [0.05, 0.1) is 0 Å². The molecule has 0 bridgehead atoms. The van der Waals surface area contributed by atoms with Gasteiger partial charge in [0, 0.05) is 7.05 Å². The third-order valence-corrected chi connectivity index (χ3v) is 3.53. The molecular formula is C15H18N4O4. The van der Waals surface area contributed by atoms with Crippen LogP contribution in [-0.4, -0.2) is 39.0 Å². The van der Waals surface area contributed by atoms with Crippen LogP contribution in [0.1, 0.15) is 27.3 Å². The second-order valence-electron chi connectivity index (χ2n) is 5.01. The normalized spacial score (nSPS) is 10.4. The molecule has 0 aliphatic heterocycles. The summed E-state index contributed by atoms with van der Waals surface area (Å²) in [5.74, 6) is -0.874. The molecule has 1 heterocycles. The Morgan fingerprint density at radius 1 is 1.35 bits per heavy atom. The minimum atomic E-state index is -1.22. The largest absolute Gasteiger partial charge is 0.487 e. The van der Waals surface area contributed by atoms with E-state index in [4.69, 9.17) is 4.74 Å². The highest BCUT2D eigenvalue weighted by atomic mass is 16.5. The summed E-state index contributed by atoms with van der Waals surface area (Å²) in [7, 11) is 1.49. The smallest absolute Gasteiger partial charge is 0.358 e. The first kappa shape index (κ1) is 16.5. The van der Waals surface area contributed by atoms with E-state index in [0.29, 0.717) is 5.75 Å². The highest BCUT2D eigenvalue weighted by molar-refractivity contribution is 5.86. The lowest BCUT2D eigenvalue weighted by Crippen LogP contribution is -2.25.